The van der Waals surface area contributed by atoms with Gasteiger partial charge in [-0.05, 0) is 92.3 Å². The molecule has 0 aliphatic carbocycles. The summed E-state index contributed by atoms with van der Waals surface area (Å²) in [5, 5.41) is 9.22. The fourth-order valence-corrected chi connectivity index (χ4v) is 4.78. The molecule has 5 heteroatoms. The lowest BCUT2D eigenvalue weighted by atomic mass is 9.93. The van der Waals surface area contributed by atoms with Gasteiger partial charge in [0, 0.05) is 17.7 Å². The highest BCUT2D eigenvalue weighted by Gasteiger charge is 2.20. The molecule has 3 aromatic carbocycles. The Morgan fingerprint density at radius 2 is 1.50 bits per heavy atom. The van der Waals surface area contributed by atoms with E-state index in [1.807, 2.05) is 6.92 Å². The average Bonchev–Trinajstić information content (AvgIpc) is 2.92. The Morgan fingerprint density at radius 1 is 0.842 bits per heavy atom. The van der Waals surface area contributed by atoms with E-state index in [4.69, 9.17) is 4.74 Å². The van der Waals surface area contributed by atoms with Crippen molar-refractivity contribution in [3.8, 4) is 28.0 Å². The van der Waals surface area contributed by atoms with Crippen molar-refractivity contribution in [1.29, 1.82) is 0 Å². The van der Waals surface area contributed by atoms with Gasteiger partial charge in [-0.25, -0.2) is 13.2 Å². The third kappa shape index (κ3) is 8.22. The normalized spacial score (nSPS) is 17.3. The van der Waals surface area contributed by atoms with Crippen LogP contribution in [0.3, 0.4) is 0 Å². The molecule has 0 radical (unpaired) electrons. The molecule has 1 heterocycles. The van der Waals surface area contributed by atoms with Crippen LogP contribution in [0.15, 0.2) is 66.7 Å². The van der Waals surface area contributed by atoms with Crippen molar-refractivity contribution in [2.75, 3.05) is 6.61 Å². The van der Waals surface area contributed by atoms with E-state index in [-0.39, 0.29) is 5.56 Å². The van der Waals surface area contributed by atoms with Crippen LogP contribution < -0.4 is 0 Å². The molecule has 0 aromatic heterocycles. The molecule has 0 saturated carbocycles. The number of phenols is 1. The maximum Gasteiger partial charge on any atom is 0.165 e. The number of benzene rings is 3. The molecule has 38 heavy (non-hydrogen) atoms. The molecule has 0 spiro atoms. The number of ether oxygens (including phenoxy) is 1. The Balaban J connectivity index is 0.000000244. The summed E-state index contributed by atoms with van der Waals surface area (Å²) in [4.78, 5) is 0. The van der Waals surface area contributed by atoms with E-state index in [2.05, 4.69) is 26.0 Å². The third-order valence-corrected chi connectivity index (χ3v) is 7.03. The van der Waals surface area contributed by atoms with Crippen molar-refractivity contribution in [2.24, 2.45) is 5.92 Å². The Hall–Kier alpha value is -3.05. The van der Waals surface area contributed by atoms with Crippen molar-refractivity contribution >= 4 is 0 Å². The molecule has 1 N–H and O–H groups in total. The molecule has 1 fully saturated rings. The highest BCUT2D eigenvalue weighted by Crippen LogP contribution is 2.31. The fraction of sp³-hybridized carbons (Fsp3) is 0.394. The molecule has 1 saturated heterocycles. The Kier molecular flexibility index (Phi) is 11.5. The molecule has 2 nitrogen and oxygen atoms in total. The Bertz CT molecular complexity index is 1200. The van der Waals surface area contributed by atoms with Crippen molar-refractivity contribution < 1.29 is 23.0 Å². The number of allylic oxidation sites excluding steroid dienone is 2. The van der Waals surface area contributed by atoms with Crippen molar-refractivity contribution in [1.82, 2.24) is 0 Å². The van der Waals surface area contributed by atoms with Gasteiger partial charge in [-0.1, -0.05) is 62.8 Å². The number of aryl methyl sites for hydroxylation is 1. The molecule has 2 atom stereocenters. The van der Waals surface area contributed by atoms with Crippen LogP contribution in [-0.4, -0.2) is 17.8 Å². The van der Waals surface area contributed by atoms with Gasteiger partial charge >= 0.3 is 0 Å². The second kappa shape index (κ2) is 14.8. The zero-order valence-electron chi connectivity index (χ0n) is 22.7. The lowest BCUT2D eigenvalue weighted by molar-refractivity contribution is -0.0212. The smallest absolute Gasteiger partial charge is 0.165 e. The first-order valence-corrected chi connectivity index (χ1v) is 13.7. The first kappa shape index (κ1) is 29.5. The Labute approximate surface area is 225 Å². The van der Waals surface area contributed by atoms with Crippen LogP contribution in [0.2, 0.25) is 0 Å². The number of halogens is 3. The minimum absolute atomic E-state index is 0.184. The lowest BCUT2D eigenvalue weighted by Gasteiger charge is -2.28. The molecule has 2 unspecified atom stereocenters. The quantitative estimate of drug-likeness (QED) is 0.297. The predicted octanol–water partition coefficient (Wildman–Crippen LogP) is 9.64. The zero-order valence-corrected chi connectivity index (χ0v) is 22.7. The first-order valence-electron chi connectivity index (χ1n) is 13.7. The van der Waals surface area contributed by atoms with Crippen LogP contribution in [0.4, 0.5) is 13.2 Å². The number of phenolic OH excluding ortho intramolecular Hbond substituents is 1. The van der Waals surface area contributed by atoms with E-state index < -0.39 is 23.2 Å². The SMILES string of the molecule is C/C=C/CCC1CCC(CCC)CO1.CCc1ccc(-c2ccc(-c3ccc(O)c(F)c3)c(F)c2)c(F)c1. The van der Waals surface area contributed by atoms with Crippen LogP contribution >= 0.6 is 0 Å². The van der Waals surface area contributed by atoms with Crippen LogP contribution in [0, 0.1) is 23.4 Å². The molecular formula is C33H39F3O2. The van der Waals surface area contributed by atoms with E-state index in [1.165, 1.54) is 68.9 Å². The van der Waals surface area contributed by atoms with Crippen LogP contribution in [0.25, 0.3) is 22.3 Å². The zero-order chi connectivity index (χ0) is 27.5. The van der Waals surface area contributed by atoms with E-state index in [0.717, 1.165) is 30.6 Å². The van der Waals surface area contributed by atoms with Crippen LogP contribution in [-0.2, 0) is 11.2 Å². The van der Waals surface area contributed by atoms with Gasteiger partial charge in [0.05, 0.1) is 6.10 Å². The summed E-state index contributed by atoms with van der Waals surface area (Å²) in [6.45, 7) is 7.28. The van der Waals surface area contributed by atoms with E-state index >= 15 is 0 Å². The fourth-order valence-electron chi connectivity index (χ4n) is 4.78. The summed E-state index contributed by atoms with van der Waals surface area (Å²) in [5.41, 5.74) is 2.08. The summed E-state index contributed by atoms with van der Waals surface area (Å²) in [5.74, 6) is -1.46. The minimum Gasteiger partial charge on any atom is -0.505 e. The predicted molar refractivity (Wildman–Crippen MR) is 150 cm³/mol. The summed E-state index contributed by atoms with van der Waals surface area (Å²) < 4.78 is 47.9. The topological polar surface area (TPSA) is 29.5 Å². The van der Waals surface area contributed by atoms with Crippen LogP contribution in [0.1, 0.15) is 64.9 Å². The second-order valence-electron chi connectivity index (χ2n) is 9.86. The van der Waals surface area contributed by atoms with Gasteiger partial charge < -0.3 is 9.84 Å². The molecule has 1 aliphatic rings. The molecule has 1 aliphatic heterocycles. The lowest BCUT2D eigenvalue weighted by Crippen LogP contribution is -2.25. The van der Waals surface area contributed by atoms with Crippen molar-refractivity contribution in [3.63, 3.8) is 0 Å². The van der Waals surface area contributed by atoms with Gasteiger partial charge in [-0.2, -0.15) is 0 Å². The largest absolute Gasteiger partial charge is 0.505 e. The standard InChI is InChI=1S/C20H15F3O.C13H24O/c1-2-12-3-6-15(17(21)9-12)13-4-7-16(18(22)10-13)14-5-8-20(24)19(23)11-14;1-3-5-6-8-13-10-9-12(7-4-2)11-14-13/h3-11,24H,2H2,1H3;3,5,12-13H,4,6-11H2,1-2H3/b;5-3+. The summed E-state index contributed by atoms with van der Waals surface area (Å²) in [7, 11) is 0. The van der Waals surface area contributed by atoms with Gasteiger partial charge in [0.1, 0.15) is 11.6 Å². The number of aromatic hydroxyl groups is 1. The van der Waals surface area contributed by atoms with Gasteiger partial charge in [0.2, 0.25) is 0 Å². The molecule has 0 amide bonds. The molecule has 0 bridgehead atoms. The monoisotopic (exact) mass is 524 g/mol. The average molecular weight is 525 g/mol. The van der Waals surface area contributed by atoms with Gasteiger partial charge in [-0.15, -0.1) is 0 Å². The van der Waals surface area contributed by atoms with Gasteiger partial charge in [-0.3, -0.25) is 0 Å². The highest BCUT2D eigenvalue weighted by atomic mass is 19.1. The van der Waals surface area contributed by atoms with Gasteiger partial charge in [0.25, 0.3) is 0 Å². The third-order valence-electron chi connectivity index (χ3n) is 7.03. The van der Waals surface area contributed by atoms with Crippen molar-refractivity contribution in [3.05, 3.63) is 89.8 Å². The van der Waals surface area contributed by atoms with E-state index in [1.54, 1.807) is 18.2 Å². The molecule has 204 valence electrons. The Morgan fingerprint density at radius 3 is 2.05 bits per heavy atom. The molecule has 4 rings (SSSR count). The summed E-state index contributed by atoms with van der Waals surface area (Å²) in [6, 6.07) is 12.8. The van der Waals surface area contributed by atoms with Gasteiger partial charge in [0.15, 0.2) is 11.6 Å². The van der Waals surface area contributed by atoms with E-state index in [9.17, 15) is 18.3 Å². The molecule has 3 aromatic rings. The number of hydrogen-bond donors (Lipinski definition) is 1. The highest BCUT2D eigenvalue weighted by molar-refractivity contribution is 5.72. The van der Waals surface area contributed by atoms with Crippen LogP contribution in [0.5, 0.6) is 5.75 Å². The number of hydrogen-bond acceptors (Lipinski definition) is 2. The maximum atomic E-state index is 14.4. The summed E-state index contributed by atoms with van der Waals surface area (Å²) >= 11 is 0. The van der Waals surface area contributed by atoms with Crippen molar-refractivity contribution in [2.45, 2.75) is 71.8 Å². The minimum atomic E-state index is -0.822. The second-order valence-corrected chi connectivity index (χ2v) is 9.86. The molecular weight excluding hydrogens is 485 g/mol. The van der Waals surface area contributed by atoms with E-state index in [0.29, 0.717) is 22.8 Å². The first-order chi connectivity index (χ1) is 18.4. The summed E-state index contributed by atoms with van der Waals surface area (Å²) in [6.07, 6.45) is 13.3. The maximum absolute atomic E-state index is 14.4. The number of rotatable bonds is 8.